The lowest BCUT2D eigenvalue weighted by atomic mass is 9.98. The smallest absolute Gasteiger partial charge is 0.295 e. The Morgan fingerprint density at radius 2 is 2.05 bits per heavy atom. The molecule has 3 rings (SSSR count). The first-order chi connectivity index (χ1) is 10.1. The first-order valence-electron chi connectivity index (χ1n) is 7.21. The molecule has 0 radical (unpaired) electrons. The molecule has 7 heteroatoms. The summed E-state index contributed by atoms with van der Waals surface area (Å²) < 4.78 is 27.3. The molecule has 1 aromatic rings. The minimum Gasteiger partial charge on any atom is -0.373 e. The standard InChI is InChI=1S/C14H17F2N3O2/c15-9-4-5-12(19(20)21)14(13(9)16)17-10-6-8-18-7-2-1-3-11(10)18/h4-5,10-11,17H,1-3,6-8H2. The zero-order valence-corrected chi connectivity index (χ0v) is 11.5. The van der Waals surface area contributed by atoms with E-state index in [0.29, 0.717) is 0 Å². The van der Waals surface area contributed by atoms with E-state index in [9.17, 15) is 18.9 Å². The minimum atomic E-state index is -1.17. The van der Waals surface area contributed by atoms with E-state index in [1.54, 1.807) is 0 Å². The number of hydrogen-bond donors (Lipinski definition) is 1. The van der Waals surface area contributed by atoms with Crippen molar-refractivity contribution in [1.82, 2.24) is 4.90 Å². The van der Waals surface area contributed by atoms with Gasteiger partial charge in [-0.2, -0.15) is 0 Å². The summed E-state index contributed by atoms with van der Waals surface area (Å²) in [6.07, 6.45) is 4.03. The second-order valence-electron chi connectivity index (χ2n) is 5.65. The zero-order valence-electron chi connectivity index (χ0n) is 11.5. The highest BCUT2D eigenvalue weighted by Crippen LogP contribution is 2.34. The van der Waals surface area contributed by atoms with Crippen LogP contribution in [-0.4, -0.2) is 35.0 Å². The molecule has 0 aromatic heterocycles. The molecule has 0 saturated carbocycles. The van der Waals surface area contributed by atoms with Crippen LogP contribution in [0.5, 0.6) is 0 Å². The van der Waals surface area contributed by atoms with E-state index in [-0.39, 0.29) is 17.8 Å². The lowest BCUT2D eigenvalue weighted by Gasteiger charge is -2.32. The highest BCUT2D eigenvalue weighted by Gasteiger charge is 2.37. The van der Waals surface area contributed by atoms with E-state index in [4.69, 9.17) is 0 Å². The van der Waals surface area contributed by atoms with Crippen molar-refractivity contribution in [2.24, 2.45) is 0 Å². The van der Waals surface area contributed by atoms with Crippen LogP contribution in [0.1, 0.15) is 25.7 Å². The molecule has 2 saturated heterocycles. The molecule has 2 aliphatic heterocycles. The fraction of sp³-hybridized carbons (Fsp3) is 0.571. The van der Waals surface area contributed by atoms with Crippen molar-refractivity contribution >= 4 is 11.4 Å². The number of halogens is 2. The van der Waals surface area contributed by atoms with Gasteiger partial charge >= 0.3 is 0 Å². The maximum absolute atomic E-state index is 13.9. The molecule has 0 aliphatic carbocycles. The van der Waals surface area contributed by atoms with Crippen LogP contribution in [0, 0.1) is 21.7 Å². The summed E-state index contributed by atoms with van der Waals surface area (Å²) in [7, 11) is 0. The average Bonchev–Trinajstić information content (AvgIpc) is 2.87. The predicted molar refractivity (Wildman–Crippen MR) is 74.3 cm³/mol. The van der Waals surface area contributed by atoms with Crippen LogP contribution in [0.2, 0.25) is 0 Å². The van der Waals surface area contributed by atoms with Gasteiger partial charge in [-0.05, 0) is 31.9 Å². The molecular weight excluding hydrogens is 280 g/mol. The Hall–Kier alpha value is -1.76. The van der Waals surface area contributed by atoms with Gasteiger partial charge < -0.3 is 5.32 Å². The van der Waals surface area contributed by atoms with Crippen LogP contribution in [0.4, 0.5) is 20.2 Å². The zero-order chi connectivity index (χ0) is 15.0. The molecule has 2 atom stereocenters. The van der Waals surface area contributed by atoms with Gasteiger partial charge in [0.05, 0.1) is 4.92 Å². The van der Waals surface area contributed by atoms with Crippen molar-refractivity contribution in [3.63, 3.8) is 0 Å². The molecule has 2 unspecified atom stereocenters. The maximum Gasteiger partial charge on any atom is 0.295 e. The van der Waals surface area contributed by atoms with Crippen molar-refractivity contribution in [2.45, 2.75) is 37.8 Å². The number of fused-ring (bicyclic) bond motifs is 1. The van der Waals surface area contributed by atoms with Gasteiger partial charge in [-0.25, -0.2) is 8.78 Å². The summed E-state index contributed by atoms with van der Waals surface area (Å²) in [6, 6.07) is 1.98. The Kier molecular flexibility index (Phi) is 3.75. The second kappa shape index (κ2) is 5.55. The molecule has 114 valence electrons. The lowest BCUT2D eigenvalue weighted by Crippen LogP contribution is -2.41. The fourth-order valence-corrected chi connectivity index (χ4v) is 3.43. The summed E-state index contributed by atoms with van der Waals surface area (Å²) in [4.78, 5) is 12.6. The Morgan fingerprint density at radius 1 is 1.24 bits per heavy atom. The molecule has 1 N–H and O–H groups in total. The van der Waals surface area contributed by atoms with Gasteiger partial charge in [-0.3, -0.25) is 15.0 Å². The van der Waals surface area contributed by atoms with Crippen molar-refractivity contribution in [3.05, 3.63) is 33.9 Å². The molecule has 0 bridgehead atoms. The van der Waals surface area contributed by atoms with E-state index in [1.165, 1.54) is 0 Å². The van der Waals surface area contributed by atoms with Gasteiger partial charge in [0.15, 0.2) is 17.3 Å². The second-order valence-corrected chi connectivity index (χ2v) is 5.65. The Balaban J connectivity index is 1.87. The largest absolute Gasteiger partial charge is 0.373 e. The molecule has 21 heavy (non-hydrogen) atoms. The number of anilines is 1. The number of nitrogens with one attached hydrogen (secondary N) is 1. The Labute approximate surface area is 121 Å². The predicted octanol–water partition coefficient (Wildman–Crippen LogP) is 2.91. The Morgan fingerprint density at radius 3 is 2.81 bits per heavy atom. The van der Waals surface area contributed by atoms with Crippen molar-refractivity contribution < 1.29 is 13.7 Å². The van der Waals surface area contributed by atoms with Crippen LogP contribution in [0.3, 0.4) is 0 Å². The normalized spacial score (nSPS) is 25.6. The van der Waals surface area contributed by atoms with E-state index in [2.05, 4.69) is 10.2 Å². The highest BCUT2D eigenvalue weighted by molar-refractivity contribution is 5.63. The van der Waals surface area contributed by atoms with Gasteiger partial charge in [-0.15, -0.1) is 0 Å². The molecule has 2 aliphatic rings. The third kappa shape index (κ3) is 2.57. The molecule has 1 aromatic carbocycles. The van der Waals surface area contributed by atoms with Crippen LogP contribution < -0.4 is 5.32 Å². The quantitative estimate of drug-likeness (QED) is 0.688. The monoisotopic (exact) mass is 297 g/mol. The van der Waals surface area contributed by atoms with Gasteiger partial charge in [0, 0.05) is 24.7 Å². The fourth-order valence-electron chi connectivity index (χ4n) is 3.43. The molecule has 0 amide bonds. The van der Waals surface area contributed by atoms with Crippen LogP contribution in [0.25, 0.3) is 0 Å². The number of hydrogen-bond acceptors (Lipinski definition) is 4. The molecule has 2 fully saturated rings. The van der Waals surface area contributed by atoms with Crippen molar-refractivity contribution in [3.8, 4) is 0 Å². The van der Waals surface area contributed by atoms with E-state index >= 15 is 0 Å². The van der Waals surface area contributed by atoms with E-state index < -0.39 is 22.2 Å². The topological polar surface area (TPSA) is 58.4 Å². The van der Waals surface area contributed by atoms with Crippen LogP contribution in [0.15, 0.2) is 12.1 Å². The molecular formula is C14H17F2N3O2. The third-order valence-electron chi connectivity index (χ3n) is 4.46. The van der Waals surface area contributed by atoms with Gasteiger partial charge in [0.1, 0.15) is 0 Å². The number of piperidine rings is 1. The number of nitrogens with zero attached hydrogens (tertiary/aromatic N) is 2. The van der Waals surface area contributed by atoms with E-state index in [1.807, 2.05) is 0 Å². The van der Waals surface area contributed by atoms with Gasteiger partial charge in [-0.1, -0.05) is 6.42 Å². The summed E-state index contributed by atoms with van der Waals surface area (Å²) in [5.41, 5.74) is -0.736. The number of nitro benzene ring substituents is 1. The SMILES string of the molecule is O=[N+]([O-])c1ccc(F)c(F)c1NC1CCN2CCCCC12. The lowest BCUT2D eigenvalue weighted by molar-refractivity contribution is -0.384. The van der Waals surface area contributed by atoms with E-state index in [0.717, 1.165) is 50.9 Å². The van der Waals surface area contributed by atoms with Crippen molar-refractivity contribution in [1.29, 1.82) is 0 Å². The first kappa shape index (κ1) is 14.2. The van der Waals surface area contributed by atoms with Gasteiger partial charge in [0.2, 0.25) is 0 Å². The minimum absolute atomic E-state index is 0.0692. The summed E-state index contributed by atoms with van der Waals surface area (Å²) in [6.45, 7) is 1.91. The Bertz CT molecular complexity index is 567. The third-order valence-corrected chi connectivity index (χ3v) is 4.46. The van der Waals surface area contributed by atoms with Crippen molar-refractivity contribution in [2.75, 3.05) is 18.4 Å². The number of benzene rings is 1. The highest BCUT2D eigenvalue weighted by atomic mass is 19.2. The number of nitro groups is 1. The maximum atomic E-state index is 13.9. The van der Waals surface area contributed by atoms with Crippen LogP contribution >= 0.6 is 0 Å². The summed E-state index contributed by atoms with van der Waals surface area (Å²) in [5.74, 6) is -2.24. The van der Waals surface area contributed by atoms with Crippen LogP contribution in [-0.2, 0) is 0 Å². The molecule has 0 spiro atoms. The summed E-state index contributed by atoms with van der Waals surface area (Å²) >= 11 is 0. The average molecular weight is 297 g/mol. The summed E-state index contributed by atoms with van der Waals surface area (Å²) in [5, 5.41) is 13.9. The molecule has 5 nitrogen and oxygen atoms in total. The first-order valence-corrected chi connectivity index (χ1v) is 7.21. The van der Waals surface area contributed by atoms with Gasteiger partial charge in [0.25, 0.3) is 5.69 Å². The number of rotatable bonds is 3. The molecule has 2 heterocycles.